The molecule has 5 aromatic rings. The van der Waals surface area contributed by atoms with Crippen molar-refractivity contribution in [3.05, 3.63) is 106 Å². The number of carbonyl (C=O) groups is 2. The molecule has 248 valence electrons. The fourth-order valence-electron chi connectivity index (χ4n) is 5.11. The van der Waals surface area contributed by atoms with E-state index in [9.17, 15) is 23.5 Å². The van der Waals surface area contributed by atoms with Crippen LogP contribution in [0.5, 0.6) is 5.88 Å². The number of pyridine rings is 2. The Hall–Kier alpha value is -5.08. The Morgan fingerprint density at radius 1 is 1.08 bits per heavy atom. The number of ether oxygens (including phenoxy) is 2. The van der Waals surface area contributed by atoms with Gasteiger partial charge in [-0.3, -0.25) is 9.78 Å². The van der Waals surface area contributed by atoms with Gasteiger partial charge in [-0.25, -0.2) is 32.3 Å². The first-order chi connectivity index (χ1) is 23.0. The number of carbonyl (C=O) groups excluding carboxylic acids is 1. The Labute approximate surface area is 275 Å². The van der Waals surface area contributed by atoms with Crippen molar-refractivity contribution in [1.82, 2.24) is 24.8 Å². The lowest BCUT2D eigenvalue weighted by Crippen LogP contribution is -2.31. The van der Waals surface area contributed by atoms with Gasteiger partial charge < -0.3 is 24.5 Å². The van der Waals surface area contributed by atoms with Gasteiger partial charge in [-0.2, -0.15) is 0 Å². The molecule has 6 rings (SSSR count). The van der Waals surface area contributed by atoms with Crippen LogP contribution in [0.25, 0.3) is 22.3 Å². The number of nitrogens with zero attached hydrogens (tertiary/aromatic N) is 4. The monoisotopic (exact) mass is 683 g/mol. The lowest BCUT2D eigenvalue weighted by molar-refractivity contribution is -0.0589. The number of hydrogen-bond donors (Lipinski definition) is 2. The Morgan fingerprint density at radius 2 is 1.90 bits per heavy atom. The maximum atomic E-state index is 15.5. The van der Waals surface area contributed by atoms with Crippen molar-refractivity contribution in [2.24, 2.45) is 0 Å². The summed E-state index contributed by atoms with van der Waals surface area (Å²) in [6, 6.07) is 12.4. The fourth-order valence-corrected chi connectivity index (χ4v) is 5.32. The third-order valence-electron chi connectivity index (χ3n) is 7.69. The van der Waals surface area contributed by atoms with Crippen LogP contribution in [0, 0.1) is 11.6 Å². The maximum Gasteiger partial charge on any atom is 0.335 e. The molecule has 1 saturated heterocycles. The SMILES string of the molecule is O=C(O)c1ccc2nc(Cc3cc(F)c(-c4cccc(OCc5cnc(C(=O)NCC(F)F)cc5Cl)n4)cc3F)n(C[C@@H]3CCO3)c2c1. The molecule has 15 heteroatoms. The van der Waals surface area contributed by atoms with Gasteiger partial charge in [0.25, 0.3) is 12.3 Å². The highest BCUT2D eigenvalue weighted by atomic mass is 35.5. The largest absolute Gasteiger partial charge is 0.478 e. The zero-order valence-corrected chi connectivity index (χ0v) is 25.7. The lowest BCUT2D eigenvalue weighted by atomic mass is 10.0. The molecule has 1 aliphatic heterocycles. The second-order valence-electron chi connectivity index (χ2n) is 10.9. The highest BCUT2D eigenvalue weighted by Gasteiger charge is 2.24. The van der Waals surface area contributed by atoms with Crippen LogP contribution in [-0.2, 0) is 24.3 Å². The van der Waals surface area contributed by atoms with Gasteiger partial charge in [0, 0.05) is 36.4 Å². The number of hydrogen-bond acceptors (Lipinski definition) is 7. The topological polar surface area (TPSA) is 128 Å². The summed E-state index contributed by atoms with van der Waals surface area (Å²) < 4.78 is 68.8. The van der Waals surface area contributed by atoms with Crippen molar-refractivity contribution in [3.63, 3.8) is 0 Å². The second-order valence-corrected chi connectivity index (χ2v) is 11.3. The van der Waals surface area contributed by atoms with Gasteiger partial charge in [0.15, 0.2) is 0 Å². The first-order valence-corrected chi connectivity index (χ1v) is 15.1. The van der Waals surface area contributed by atoms with Crippen LogP contribution >= 0.6 is 11.6 Å². The summed E-state index contributed by atoms with van der Waals surface area (Å²) in [5, 5.41) is 11.6. The molecule has 1 amide bonds. The Morgan fingerprint density at radius 3 is 2.60 bits per heavy atom. The number of rotatable bonds is 12. The molecule has 2 aromatic carbocycles. The van der Waals surface area contributed by atoms with Crippen LogP contribution in [0.1, 0.15) is 44.2 Å². The highest BCUT2D eigenvalue weighted by molar-refractivity contribution is 6.31. The van der Waals surface area contributed by atoms with E-state index < -0.39 is 36.5 Å². The number of carboxylic acid groups (broad SMARTS) is 1. The second kappa shape index (κ2) is 14.0. The van der Waals surface area contributed by atoms with Gasteiger partial charge in [-0.1, -0.05) is 17.7 Å². The minimum Gasteiger partial charge on any atom is -0.478 e. The molecule has 4 heterocycles. The summed E-state index contributed by atoms with van der Waals surface area (Å²) >= 11 is 6.23. The van der Waals surface area contributed by atoms with E-state index in [0.29, 0.717) is 35.6 Å². The van der Waals surface area contributed by atoms with E-state index in [1.165, 1.54) is 36.5 Å². The van der Waals surface area contributed by atoms with Crippen molar-refractivity contribution in [2.45, 2.75) is 38.5 Å². The van der Waals surface area contributed by atoms with E-state index in [1.54, 1.807) is 16.7 Å². The first-order valence-electron chi connectivity index (χ1n) is 14.7. The van der Waals surface area contributed by atoms with Crippen molar-refractivity contribution in [2.75, 3.05) is 13.2 Å². The molecule has 1 aliphatic rings. The number of carboxylic acids is 1. The summed E-state index contributed by atoms with van der Waals surface area (Å²) in [5.41, 5.74) is 1.41. The molecule has 3 aromatic heterocycles. The number of fused-ring (bicyclic) bond motifs is 1. The average molecular weight is 684 g/mol. The Balaban J connectivity index is 1.19. The van der Waals surface area contributed by atoms with E-state index in [0.717, 1.165) is 18.6 Å². The molecule has 48 heavy (non-hydrogen) atoms. The van der Waals surface area contributed by atoms with Gasteiger partial charge >= 0.3 is 5.97 Å². The predicted octanol–water partition coefficient (Wildman–Crippen LogP) is 6.08. The molecule has 0 bridgehead atoms. The fraction of sp³-hybridized carbons (Fsp3) is 0.242. The highest BCUT2D eigenvalue weighted by Crippen LogP contribution is 2.29. The quantitative estimate of drug-likeness (QED) is 0.152. The van der Waals surface area contributed by atoms with E-state index in [-0.39, 0.29) is 58.1 Å². The standard InChI is InChI=1S/C33H26ClF4N5O5/c34-22-12-27(32(44)40-14-29(37)38)39-13-19(22)16-48-31-3-1-2-25(42-31)21-11-23(35)18(8-24(21)36)10-30-41-26-5-4-17(33(45)46)9-28(26)43(30)15-20-6-7-47-20/h1-5,8-9,11-13,20,29H,6-7,10,14-16H2,(H,40,44)(H,45,46)/t20-/m0/s1. The van der Waals surface area contributed by atoms with Gasteiger partial charge in [0.2, 0.25) is 5.88 Å². The number of amides is 1. The molecular weight excluding hydrogens is 658 g/mol. The minimum absolute atomic E-state index is 0.0432. The zero-order chi connectivity index (χ0) is 33.9. The molecule has 1 atom stereocenters. The molecule has 0 saturated carbocycles. The summed E-state index contributed by atoms with van der Waals surface area (Å²) in [7, 11) is 0. The molecule has 2 N–H and O–H groups in total. The summed E-state index contributed by atoms with van der Waals surface area (Å²) in [6.45, 7) is 0.0295. The minimum atomic E-state index is -2.71. The third-order valence-corrected chi connectivity index (χ3v) is 8.04. The van der Waals surface area contributed by atoms with Gasteiger partial charge in [0.1, 0.15) is 29.8 Å². The van der Waals surface area contributed by atoms with Crippen LogP contribution in [0.2, 0.25) is 5.02 Å². The van der Waals surface area contributed by atoms with Crippen LogP contribution in [0.15, 0.2) is 60.8 Å². The molecule has 0 radical (unpaired) electrons. The number of alkyl halides is 2. The summed E-state index contributed by atoms with van der Waals surface area (Å²) in [6.07, 6.45) is -0.807. The zero-order valence-electron chi connectivity index (χ0n) is 24.9. The lowest BCUT2D eigenvalue weighted by Gasteiger charge is -2.27. The maximum absolute atomic E-state index is 15.5. The van der Waals surface area contributed by atoms with Crippen LogP contribution in [-0.4, -0.2) is 62.2 Å². The van der Waals surface area contributed by atoms with E-state index in [2.05, 4.69) is 15.0 Å². The number of benzene rings is 2. The van der Waals surface area contributed by atoms with Crippen LogP contribution in [0.4, 0.5) is 17.6 Å². The van der Waals surface area contributed by atoms with Crippen molar-refractivity contribution >= 4 is 34.5 Å². The van der Waals surface area contributed by atoms with Crippen molar-refractivity contribution < 1.29 is 41.7 Å². The van der Waals surface area contributed by atoms with Gasteiger partial charge in [-0.05, 0) is 54.4 Å². The molecule has 0 unspecified atom stereocenters. The van der Waals surface area contributed by atoms with Gasteiger partial charge in [-0.15, -0.1) is 0 Å². The molecule has 0 aliphatic carbocycles. The van der Waals surface area contributed by atoms with Crippen LogP contribution < -0.4 is 10.1 Å². The molecular formula is C33H26ClF4N5O5. The molecule has 10 nitrogen and oxygen atoms in total. The molecule has 1 fully saturated rings. The number of nitrogens with one attached hydrogen (secondary N) is 1. The smallest absolute Gasteiger partial charge is 0.335 e. The van der Waals surface area contributed by atoms with Crippen LogP contribution in [0.3, 0.4) is 0 Å². The Bertz CT molecular complexity index is 2020. The van der Waals surface area contributed by atoms with Crippen molar-refractivity contribution in [1.29, 1.82) is 0 Å². The number of aromatic carboxylic acids is 1. The van der Waals surface area contributed by atoms with Gasteiger partial charge in [0.05, 0.1) is 46.5 Å². The normalized spacial score (nSPS) is 14.2. The predicted molar refractivity (Wildman–Crippen MR) is 165 cm³/mol. The summed E-state index contributed by atoms with van der Waals surface area (Å²) in [4.78, 5) is 36.4. The first kappa shape index (κ1) is 32.8. The Kier molecular flexibility index (Phi) is 9.55. The number of aromatic nitrogens is 4. The summed E-state index contributed by atoms with van der Waals surface area (Å²) in [5.74, 6) is -2.83. The molecule has 0 spiro atoms. The average Bonchev–Trinajstić information content (AvgIpc) is 3.38. The van der Waals surface area contributed by atoms with E-state index in [1.807, 2.05) is 5.32 Å². The van der Waals surface area contributed by atoms with Crippen molar-refractivity contribution in [3.8, 4) is 17.1 Å². The van der Waals surface area contributed by atoms with E-state index in [4.69, 9.17) is 21.1 Å². The third kappa shape index (κ3) is 7.24. The number of imidazole rings is 1. The van der Waals surface area contributed by atoms with E-state index >= 15 is 8.78 Å². The number of halogens is 5.